The van der Waals surface area contributed by atoms with Gasteiger partial charge in [0.05, 0.1) is 5.52 Å². The summed E-state index contributed by atoms with van der Waals surface area (Å²) in [6.07, 6.45) is 1.80. The highest BCUT2D eigenvalue weighted by Crippen LogP contribution is 2.42. The van der Waals surface area contributed by atoms with E-state index in [2.05, 4.69) is 78.9 Å². The number of benzene rings is 7. The third-order valence-electron chi connectivity index (χ3n) is 10.2. The Kier molecular flexibility index (Phi) is 6.75. The van der Waals surface area contributed by atoms with Crippen LogP contribution in [0.2, 0.25) is 0 Å². The Morgan fingerprint density at radius 2 is 0.852 bits per heavy atom. The summed E-state index contributed by atoms with van der Waals surface area (Å²) < 4.78 is 13.1. The first-order valence-corrected chi connectivity index (χ1v) is 17.9. The van der Waals surface area contributed by atoms with Gasteiger partial charge in [-0.3, -0.25) is 4.98 Å². The van der Waals surface area contributed by atoms with Gasteiger partial charge >= 0.3 is 0 Å². The fraction of sp³-hybridized carbons (Fsp3) is 0. The quantitative estimate of drug-likeness (QED) is 0.179. The van der Waals surface area contributed by atoms with Crippen molar-refractivity contribution in [2.24, 2.45) is 0 Å². The molecule has 7 aromatic carbocycles. The molecule has 4 aromatic heterocycles. The number of aromatic nitrogens is 4. The smallest absolute Gasteiger partial charge is 0.166 e. The van der Waals surface area contributed by atoms with Crippen LogP contribution in [0.1, 0.15) is 0 Å². The summed E-state index contributed by atoms with van der Waals surface area (Å²) in [4.78, 5) is 20.1. The molecular weight excluding hydrogens is 665 g/mol. The maximum atomic E-state index is 6.57. The molecule has 0 aliphatic carbocycles. The molecule has 0 aliphatic heterocycles. The Bertz CT molecular complexity index is 3100. The summed E-state index contributed by atoms with van der Waals surface area (Å²) in [5.74, 6) is 1.67. The van der Waals surface area contributed by atoms with Crippen molar-refractivity contribution in [3.63, 3.8) is 0 Å². The van der Waals surface area contributed by atoms with Crippen LogP contribution in [-0.2, 0) is 0 Å². The van der Waals surface area contributed by atoms with E-state index in [0.29, 0.717) is 17.5 Å². The van der Waals surface area contributed by atoms with E-state index in [4.69, 9.17) is 28.8 Å². The number of nitrogens with zero attached hydrogens (tertiary/aromatic N) is 4. The number of pyridine rings is 1. The molecule has 0 radical (unpaired) electrons. The maximum Gasteiger partial charge on any atom is 0.166 e. The number of hydrogen-bond acceptors (Lipinski definition) is 6. The minimum absolute atomic E-state index is 0.545. The Morgan fingerprint density at radius 1 is 0.352 bits per heavy atom. The lowest BCUT2D eigenvalue weighted by Crippen LogP contribution is -2.01. The Morgan fingerprint density at radius 3 is 1.52 bits per heavy atom. The first-order valence-electron chi connectivity index (χ1n) is 17.9. The van der Waals surface area contributed by atoms with E-state index < -0.39 is 0 Å². The van der Waals surface area contributed by atoms with E-state index in [1.165, 1.54) is 0 Å². The Labute approximate surface area is 309 Å². The summed E-state index contributed by atoms with van der Waals surface area (Å²) >= 11 is 0. The van der Waals surface area contributed by atoms with Crippen LogP contribution in [-0.4, -0.2) is 19.9 Å². The van der Waals surface area contributed by atoms with E-state index in [1.807, 2.05) is 84.9 Å². The summed E-state index contributed by atoms with van der Waals surface area (Å²) in [7, 11) is 0. The van der Waals surface area contributed by atoms with Crippen molar-refractivity contribution in [3.05, 3.63) is 170 Å². The van der Waals surface area contributed by atoms with Gasteiger partial charge in [0.1, 0.15) is 22.3 Å². The van der Waals surface area contributed by atoms with Crippen LogP contribution in [0.25, 0.3) is 111 Å². The molecule has 0 spiro atoms. The molecule has 11 rings (SSSR count). The molecule has 0 aliphatic rings. The zero-order valence-electron chi connectivity index (χ0n) is 28.8. The molecule has 0 atom stereocenters. The van der Waals surface area contributed by atoms with Gasteiger partial charge < -0.3 is 8.83 Å². The standard InChI is InChI=1S/C48H28N4O2/c1-2-12-30(13-3-1)46-50-47(52-48(51-46)40-22-8-14-29-15-11-25-49-43(29)40)33-27-31(34-18-9-20-38-36-16-4-6-23-41(36)53-44(34)38)26-32(28-33)35-19-10-21-39-37-17-5-7-24-42(37)54-45(35)39/h1-28H. The van der Waals surface area contributed by atoms with E-state index in [9.17, 15) is 0 Å². The maximum absolute atomic E-state index is 6.57. The molecule has 11 aromatic rings. The van der Waals surface area contributed by atoms with Crippen molar-refractivity contribution < 1.29 is 8.83 Å². The van der Waals surface area contributed by atoms with Gasteiger partial charge in [-0.1, -0.05) is 121 Å². The normalized spacial score (nSPS) is 11.7. The van der Waals surface area contributed by atoms with Gasteiger partial charge in [-0.25, -0.2) is 15.0 Å². The minimum Gasteiger partial charge on any atom is -0.455 e. The van der Waals surface area contributed by atoms with Gasteiger partial charge in [0.25, 0.3) is 0 Å². The third-order valence-corrected chi connectivity index (χ3v) is 10.2. The molecule has 0 saturated carbocycles. The summed E-state index contributed by atoms with van der Waals surface area (Å²) in [5.41, 5.74) is 10.6. The lowest BCUT2D eigenvalue weighted by molar-refractivity contribution is 0.670. The Balaban J connectivity index is 1.20. The first-order chi connectivity index (χ1) is 26.7. The topological polar surface area (TPSA) is 77.8 Å². The average molecular weight is 693 g/mol. The largest absolute Gasteiger partial charge is 0.455 e. The molecule has 252 valence electrons. The van der Waals surface area contributed by atoms with Gasteiger partial charge in [0, 0.05) is 60.9 Å². The van der Waals surface area contributed by atoms with Crippen LogP contribution in [0.3, 0.4) is 0 Å². The number of para-hydroxylation sites is 5. The minimum atomic E-state index is 0.545. The van der Waals surface area contributed by atoms with Crippen molar-refractivity contribution >= 4 is 54.8 Å². The van der Waals surface area contributed by atoms with Gasteiger partial charge in [-0.05, 0) is 53.6 Å². The number of hydrogen-bond donors (Lipinski definition) is 0. The number of furan rings is 2. The number of fused-ring (bicyclic) bond motifs is 7. The van der Waals surface area contributed by atoms with Crippen LogP contribution < -0.4 is 0 Å². The van der Waals surface area contributed by atoms with Crippen LogP contribution >= 0.6 is 0 Å². The predicted molar refractivity (Wildman–Crippen MR) is 217 cm³/mol. The number of rotatable bonds is 5. The molecule has 0 amide bonds. The van der Waals surface area contributed by atoms with Gasteiger partial charge in [0.2, 0.25) is 0 Å². The molecule has 6 heteroatoms. The molecule has 6 nitrogen and oxygen atoms in total. The summed E-state index contributed by atoms with van der Waals surface area (Å²) in [6, 6.07) is 55.7. The highest BCUT2D eigenvalue weighted by molar-refractivity contribution is 6.11. The van der Waals surface area contributed by atoms with E-state index >= 15 is 0 Å². The predicted octanol–water partition coefficient (Wildman–Crippen LogP) is 12.6. The fourth-order valence-electron chi connectivity index (χ4n) is 7.64. The van der Waals surface area contributed by atoms with Crippen molar-refractivity contribution in [2.45, 2.75) is 0 Å². The van der Waals surface area contributed by atoms with Crippen molar-refractivity contribution in [1.29, 1.82) is 0 Å². The molecule has 4 heterocycles. The first kappa shape index (κ1) is 30.2. The van der Waals surface area contributed by atoms with Crippen LogP contribution in [0.5, 0.6) is 0 Å². The summed E-state index contributed by atoms with van der Waals surface area (Å²) in [5, 5.41) is 5.30. The van der Waals surface area contributed by atoms with Gasteiger partial charge in [0.15, 0.2) is 17.5 Å². The highest BCUT2D eigenvalue weighted by Gasteiger charge is 2.20. The van der Waals surface area contributed by atoms with Crippen molar-refractivity contribution in [2.75, 3.05) is 0 Å². The molecule has 54 heavy (non-hydrogen) atoms. The highest BCUT2D eigenvalue weighted by atomic mass is 16.3. The van der Waals surface area contributed by atoms with E-state index in [-0.39, 0.29) is 0 Å². The second-order valence-electron chi connectivity index (χ2n) is 13.4. The second kappa shape index (κ2) is 12.1. The second-order valence-corrected chi connectivity index (χ2v) is 13.4. The van der Waals surface area contributed by atoms with E-state index in [0.717, 1.165) is 93.7 Å². The lowest BCUT2D eigenvalue weighted by atomic mass is 9.94. The van der Waals surface area contributed by atoms with Gasteiger partial charge in [-0.2, -0.15) is 0 Å². The molecule has 0 fully saturated rings. The molecular formula is C48H28N4O2. The summed E-state index contributed by atoms with van der Waals surface area (Å²) in [6.45, 7) is 0. The lowest BCUT2D eigenvalue weighted by Gasteiger charge is -2.13. The molecule has 0 saturated heterocycles. The van der Waals surface area contributed by atoms with Crippen LogP contribution in [0.15, 0.2) is 179 Å². The van der Waals surface area contributed by atoms with Crippen molar-refractivity contribution in [3.8, 4) is 56.4 Å². The zero-order valence-corrected chi connectivity index (χ0v) is 28.8. The van der Waals surface area contributed by atoms with Crippen LogP contribution in [0.4, 0.5) is 0 Å². The monoisotopic (exact) mass is 692 g/mol. The van der Waals surface area contributed by atoms with E-state index in [1.54, 1.807) is 6.20 Å². The molecule has 0 N–H and O–H groups in total. The molecule has 0 unspecified atom stereocenters. The SMILES string of the molecule is c1ccc(-c2nc(-c3cc(-c4cccc5c4oc4ccccc45)cc(-c4cccc5c4oc4ccccc45)c3)nc(-c3cccc4cccnc34)n2)cc1. The van der Waals surface area contributed by atoms with Crippen molar-refractivity contribution in [1.82, 2.24) is 19.9 Å². The van der Waals surface area contributed by atoms with Gasteiger partial charge in [-0.15, -0.1) is 0 Å². The fourth-order valence-corrected chi connectivity index (χ4v) is 7.64. The molecule has 0 bridgehead atoms. The average Bonchev–Trinajstić information content (AvgIpc) is 3.82. The Hall–Kier alpha value is -7.44. The zero-order chi connectivity index (χ0) is 35.6. The van der Waals surface area contributed by atoms with Crippen LogP contribution in [0, 0.1) is 0 Å². The third kappa shape index (κ3) is 4.89.